The molecule has 2 atom stereocenters. The van der Waals surface area contributed by atoms with E-state index in [0.717, 1.165) is 18.4 Å². The number of hydrogen-bond donors (Lipinski definition) is 0. The number of ether oxygens (including phenoxy) is 2. The summed E-state index contributed by atoms with van der Waals surface area (Å²) in [5, 5.41) is 0. The van der Waals surface area contributed by atoms with E-state index in [0.29, 0.717) is 0 Å². The Bertz CT molecular complexity index is 533. The third kappa shape index (κ3) is 1.40. The number of methoxy groups -OCH3 is 2. The highest BCUT2D eigenvalue weighted by Gasteiger charge is 2.77. The highest BCUT2D eigenvalue weighted by atomic mass is 16.5. The van der Waals surface area contributed by atoms with Crippen LogP contribution in [0.2, 0.25) is 0 Å². The van der Waals surface area contributed by atoms with Crippen LogP contribution in [0.1, 0.15) is 23.5 Å². The molecule has 4 nitrogen and oxygen atoms in total. The molecule has 2 aliphatic rings. The van der Waals surface area contributed by atoms with Crippen molar-refractivity contribution < 1.29 is 19.1 Å². The lowest BCUT2D eigenvalue weighted by atomic mass is 9.92. The van der Waals surface area contributed by atoms with Gasteiger partial charge in [-0.05, 0) is 29.9 Å². The minimum atomic E-state index is -1.11. The minimum Gasteiger partial charge on any atom is -0.468 e. The number of carbonyl (C=O) groups excluding carboxylic acids is 2. The lowest BCUT2D eigenvalue weighted by Crippen LogP contribution is -2.31. The second kappa shape index (κ2) is 4.08. The molecule has 1 saturated carbocycles. The third-order valence-corrected chi connectivity index (χ3v) is 4.53. The Labute approximate surface area is 111 Å². The van der Waals surface area contributed by atoms with Crippen LogP contribution < -0.4 is 0 Å². The summed E-state index contributed by atoms with van der Waals surface area (Å²) in [5.74, 6) is -1.00. The molecule has 0 bridgehead atoms. The molecule has 0 amide bonds. The maximum atomic E-state index is 12.1. The number of rotatable bonds is 2. The second-order valence-corrected chi connectivity index (χ2v) is 5.17. The number of carbonyl (C=O) groups is 2. The number of benzene rings is 1. The molecule has 100 valence electrons. The molecular formula is C15H16O4. The van der Waals surface area contributed by atoms with Gasteiger partial charge in [0.05, 0.1) is 14.2 Å². The minimum absolute atomic E-state index is 0.0160. The quantitative estimate of drug-likeness (QED) is 0.599. The fourth-order valence-electron chi connectivity index (χ4n) is 3.67. The van der Waals surface area contributed by atoms with Gasteiger partial charge >= 0.3 is 11.9 Å². The summed E-state index contributed by atoms with van der Waals surface area (Å²) in [4.78, 5) is 24.3. The predicted octanol–water partition coefficient (Wildman–Crippen LogP) is 1.68. The van der Waals surface area contributed by atoms with E-state index >= 15 is 0 Å². The molecule has 0 aliphatic heterocycles. The molecule has 19 heavy (non-hydrogen) atoms. The molecule has 0 N–H and O–H groups in total. The fraction of sp³-hybridized carbons (Fsp3) is 0.467. The van der Waals surface area contributed by atoms with Gasteiger partial charge in [0.2, 0.25) is 0 Å². The smallest absolute Gasteiger partial charge is 0.324 e. The Hall–Kier alpha value is -1.84. The van der Waals surface area contributed by atoms with Crippen LogP contribution in [0.5, 0.6) is 0 Å². The first-order valence-electron chi connectivity index (χ1n) is 6.42. The van der Waals surface area contributed by atoms with Crippen molar-refractivity contribution in [1.82, 2.24) is 0 Å². The van der Waals surface area contributed by atoms with Crippen molar-refractivity contribution in [3.05, 3.63) is 35.4 Å². The Morgan fingerprint density at radius 2 is 1.79 bits per heavy atom. The normalized spacial score (nSPS) is 25.8. The van der Waals surface area contributed by atoms with E-state index in [-0.39, 0.29) is 11.8 Å². The third-order valence-electron chi connectivity index (χ3n) is 4.53. The fourth-order valence-corrected chi connectivity index (χ4v) is 3.67. The predicted molar refractivity (Wildman–Crippen MR) is 67.5 cm³/mol. The Morgan fingerprint density at radius 1 is 1.16 bits per heavy atom. The summed E-state index contributed by atoms with van der Waals surface area (Å²) in [5.41, 5.74) is 1.20. The Morgan fingerprint density at radius 3 is 2.42 bits per heavy atom. The van der Waals surface area contributed by atoms with Crippen molar-refractivity contribution >= 4 is 11.9 Å². The van der Waals surface area contributed by atoms with Gasteiger partial charge in [0.25, 0.3) is 0 Å². The van der Waals surface area contributed by atoms with Gasteiger partial charge in [-0.2, -0.15) is 0 Å². The van der Waals surface area contributed by atoms with Crippen LogP contribution in [0.15, 0.2) is 24.3 Å². The van der Waals surface area contributed by atoms with Crippen LogP contribution in [0.4, 0.5) is 0 Å². The van der Waals surface area contributed by atoms with Gasteiger partial charge < -0.3 is 9.47 Å². The van der Waals surface area contributed by atoms with E-state index in [4.69, 9.17) is 9.47 Å². The van der Waals surface area contributed by atoms with E-state index in [1.54, 1.807) is 0 Å². The molecule has 1 aromatic rings. The first-order valence-corrected chi connectivity index (χ1v) is 6.42. The summed E-state index contributed by atoms with van der Waals surface area (Å²) in [7, 11) is 2.65. The zero-order valence-electron chi connectivity index (χ0n) is 11.0. The van der Waals surface area contributed by atoms with E-state index in [2.05, 4.69) is 6.07 Å². The highest BCUT2D eigenvalue weighted by Crippen LogP contribution is 2.70. The SMILES string of the molecule is COC(=O)C1(C(=O)OC)[C@@H]2c3ccccc3CC[C@@H]21. The molecule has 0 heterocycles. The first kappa shape index (κ1) is 12.2. The van der Waals surface area contributed by atoms with Gasteiger partial charge in [-0.15, -0.1) is 0 Å². The maximum Gasteiger partial charge on any atom is 0.324 e. The van der Waals surface area contributed by atoms with Gasteiger partial charge in [0.15, 0.2) is 5.41 Å². The summed E-state index contributed by atoms with van der Waals surface area (Å²) < 4.78 is 9.74. The van der Waals surface area contributed by atoms with Crippen molar-refractivity contribution in [2.45, 2.75) is 18.8 Å². The van der Waals surface area contributed by atoms with E-state index < -0.39 is 17.4 Å². The van der Waals surface area contributed by atoms with Crippen molar-refractivity contribution in [3.8, 4) is 0 Å². The monoisotopic (exact) mass is 260 g/mol. The topological polar surface area (TPSA) is 52.6 Å². The molecule has 0 spiro atoms. The van der Waals surface area contributed by atoms with Crippen LogP contribution >= 0.6 is 0 Å². The Kier molecular flexibility index (Phi) is 2.62. The Balaban J connectivity index is 2.08. The van der Waals surface area contributed by atoms with Gasteiger partial charge in [-0.3, -0.25) is 9.59 Å². The first-order chi connectivity index (χ1) is 9.17. The molecule has 1 aromatic carbocycles. The highest BCUT2D eigenvalue weighted by molar-refractivity contribution is 6.06. The summed E-state index contributed by atoms with van der Waals surface area (Å²) in [6.45, 7) is 0. The van der Waals surface area contributed by atoms with Crippen LogP contribution in [-0.2, 0) is 25.5 Å². The summed E-state index contributed by atoms with van der Waals surface area (Å²) >= 11 is 0. The second-order valence-electron chi connectivity index (χ2n) is 5.17. The lowest BCUT2D eigenvalue weighted by molar-refractivity contribution is -0.162. The molecule has 2 aliphatic carbocycles. The largest absolute Gasteiger partial charge is 0.468 e. The van der Waals surface area contributed by atoms with Crippen molar-refractivity contribution in [1.29, 1.82) is 0 Å². The van der Waals surface area contributed by atoms with Crippen LogP contribution in [-0.4, -0.2) is 26.2 Å². The number of esters is 2. The molecule has 0 unspecified atom stereocenters. The van der Waals surface area contributed by atoms with Gasteiger partial charge in [-0.1, -0.05) is 24.3 Å². The maximum absolute atomic E-state index is 12.1. The molecular weight excluding hydrogens is 244 g/mol. The number of hydrogen-bond acceptors (Lipinski definition) is 4. The number of fused-ring (bicyclic) bond motifs is 3. The molecule has 0 saturated heterocycles. The van der Waals surface area contributed by atoms with E-state index in [1.807, 2.05) is 18.2 Å². The molecule has 0 radical (unpaired) electrons. The number of aryl methyl sites for hydroxylation is 1. The zero-order valence-corrected chi connectivity index (χ0v) is 11.0. The lowest BCUT2D eigenvalue weighted by Gasteiger charge is -2.14. The molecule has 3 rings (SSSR count). The average Bonchev–Trinajstić information content (AvgIpc) is 3.16. The summed E-state index contributed by atoms with van der Waals surface area (Å²) in [6, 6.07) is 7.99. The van der Waals surface area contributed by atoms with Gasteiger partial charge in [0, 0.05) is 5.92 Å². The average molecular weight is 260 g/mol. The molecule has 4 heteroatoms. The van der Waals surface area contributed by atoms with Gasteiger partial charge in [0.1, 0.15) is 0 Å². The van der Waals surface area contributed by atoms with E-state index in [9.17, 15) is 9.59 Å². The van der Waals surface area contributed by atoms with Crippen LogP contribution in [0, 0.1) is 11.3 Å². The van der Waals surface area contributed by atoms with Crippen molar-refractivity contribution in [2.75, 3.05) is 14.2 Å². The van der Waals surface area contributed by atoms with Gasteiger partial charge in [-0.25, -0.2) is 0 Å². The van der Waals surface area contributed by atoms with Crippen molar-refractivity contribution in [2.24, 2.45) is 11.3 Å². The zero-order chi connectivity index (χ0) is 13.6. The molecule has 1 fully saturated rings. The van der Waals surface area contributed by atoms with E-state index in [1.165, 1.54) is 19.8 Å². The van der Waals surface area contributed by atoms with Crippen LogP contribution in [0.25, 0.3) is 0 Å². The standard InChI is InChI=1S/C15H16O4/c1-18-13(16)15(14(17)19-2)11-8-7-9-5-3-4-6-10(9)12(11)15/h3-6,11-12H,7-8H2,1-2H3/t11-,12+/m0/s1. The van der Waals surface area contributed by atoms with Crippen LogP contribution in [0.3, 0.4) is 0 Å². The molecule has 0 aromatic heterocycles. The summed E-state index contributed by atoms with van der Waals surface area (Å²) in [6.07, 6.45) is 1.72. The van der Waals surface area contributed by atoms with Crippen molar-refractivity contribution in [3.63, 3.8) is 0 Å².